The number of imidazole rings is 1. The van der Waals surface area contributed by atoms with Crippen molar-refractivity contribution in [2.75, 3.05) is 5.73 Å². The smallest absolute Gasteiger partial charge is 0.244 e. The number of aromatic nitrogens is 2. The van der Waals surface area contributed by atoms with Crippen LogP contribution in [0.1, 0.15) is 25.0 Å². The van der Waals surface area contributed by atoms with Crippen molar-refractivity contribution in [3.05, 3.63) is 64.1 Å². The SMILES string of the molecule is CC(C)S(=O)(=O)n1c(N)nc2ccc(C(=C(Cl)Cl)c3ccccc3)cc21. The van der Waals surface area contributed by atoms with Crippen molar-refractivity contribution in [2.45, 2.75) is 19.1 Å². The monoisotopic (exact) mass is 409 g/mol. The molecule has 5 nitrogen and oxygen atoms in total. The topological polar surface area (TPSA) is 78.0 Å². The summed E-state index contributed by atoms with van der Waals surface area (Å²) in [5, 5.41) is -0.647. The summed E-state index contributed by atoms with van der Waals surface area (Å²) in [6, 6.07) is 14.6. The van der Waals surface area contributed by atoms with E-state index in [-0.39, 0.29) is 10.4 Å². The van der Waals surface area contributed by atoms with E-state index in [0.29, 0.717) is 22.2 Å². The minimum absolute atomic E-state index is 0.0759. The Morgan fingerprint density at radius 2 is 1.73 bits per heavy atom. The highest BCUT2D eigenvalue weighted by atomic mass is 35.5. The van der Waals surface area contributed by atoms with Crippen LogP contribution in [0, 0.1) is 0 Å². The number of nitrogens with zero attached hydrogens (tertiary/aromatic N) is 2. The Balaban J connectivity index is 2.29. The van der Waals surface area contributed by atoms with E-state index in [4.69, 9.17) is 28.9 Å². The quantitative estimate of drug-likeness (QED) is 0.692. The molecular formula is C18H17Cl2N3O2S. The van der Waals surface area contributed by atoms with Gasteiger partial charge >= 0.3 is 0 Å². The summed E-state index contributed by atoms with van der Waals surface area (Å²) < 4.78 is 26.5. The number of nitrogens with two attached hydrogens (primary N) is 1. The molecule has 1 heterocycles. The first kappa shape index (κ1) is 18.8. The third kappa shape index (κ3) is 3.20. The van der Waals surface area contributed by atoms with E-state index in [1.807, 2.05) is 30.3 Å². The Hall–Kier alpha value is -2.02. The molecule has 0 saturated carbocycles. The molecule has 8 heteroatoms. The number of hydrogen-bond donors (Lipinski definition) is 1. The molecule has 0 saturated heterocycles. The van der Waals surface area contributed by atoms with E-state index in [2.05, 4.69) is 4.98 Å². The van der Waals surface area contributed by atoms with E-state index in [1.165, 1.54) is 0 Å². The molecule has 2 N–H and O–H groups in total. The molecule has 3 aromatic rings. The molecule has 0 aliphatic carbocycles. The van der Waals surface area contributed by atoms with Gasteiger partial charge in [-0.15, -0.1) is 0 Å². The fraction of sp³-hybridized carbons (Fsp3) is 0.167. The fourth-order valence-electron chi connectivity index (χ4n) is 2.70. The number of fused-ring (bicyclic) bond motifs is 1. The molecule has 0 spiro atoms. The standard InChI is InChI=1S/C18H17Cl2N3O2S/c1-11(2)26(24,25)23-15-10-13(8-9-14(15)22-18(23)21)16(17(19)20)12-6-4-3-5-7-12/h3-11H,1-2H3,(H2,21,22). The van der Waals surface area contributed by atoms with Crippen LogP contribution in [-0.4, -0.2) is 22.6 Å². The highest BCUT2D eigenvalue weighted by molar-refractivity contribution is 7.90. The molecule has 2 aromatic carbocycles. The Morgan fingerprint density at radius 3 is 2.31 bits per heavy atom. The fourth-order valence-corrected chi connectivity index (χ4v) is 4.28. The Labute approximate surface area is 162 Å². The summed E-state index contributed by atoms with van der Waals surface area (Å²) in [5.41, 5.74) is 8.84. The zero-order valence-electron chi connectivity index (χ0n) is 14.1. The lowest BCUT2D eigenvalue weighted by Gasteiger charge is -2.13. The summed E-state index contributed by atoms with van der Waals surface area (Å²) in [7, 11) is -3.67. The third-order valence-corrected chi connectivity index (χ3v) is 6.49. The molecule has 0 bridgehead atoms. The largest absolute Gasteiger partial charge is 0.368 e. The van der Waals surface area contributed by atoms with Crippen LogP contribution in [0.15, 0.2) is 53.0 Å². The van der Waals surface area contributed by atoms with Crippen LogP contribution in [0.4, 0.5) is 5.95 Å². The molecule has 1 aromatic heterocycles. The average Bonchev–Trinajstić information content (AvgIpc) is 2.91. The summed E-state index contributed by atoms with van der Waals surface area (Å²) in [5.74, 6) is -0.0759. The Morgan fingerprint density at radius 1 is 1.08 bits per heavy atom. The minimum Gasteiger partial charge on any atom is -0.368 e. The molecule has 0 radical (unpaired) electrons. The van der Waals surface area contributed by atoms with Crippen LogP contribution in [0.5, 0.6) is 0 Å². The van der Waals surface area contributed by atoms with Gasteiger partial charge in [0.1, 0.15) is 4.49 Å². The highest BCUT2D eigenvalue weighted by Gasteiger charge is 2.25. The molecule has 136 valence electrons. The van der Waals surface area contributed by atoms with Gasteiger partial charge in [-0.3, -0.25) is 0 Å². The van der Waals surface area contributed by atoms with Crippen LogP contribution in [0.25, 0.3) is 16.6 Å². The van der Waals surface area contributed by atoms with Crippen LogP contribution in [0.3, 0.4) is 0 Å². The van der Waals surface area contributed by atoms with Crippen molar-refractivity contribution in [2.24, 2.45) is 0 Å². The third-order valence-electron chi connectivity index (χ3n) is 4.03. The minimum atomic E-state index is -3.67. The summed E-state index contributed by atoms with van der Waals surface area (Å²) >= 11 is 12.3. The lowest BCUT2D eigenvalue weighted by Crippen LogP contribution is -2.23. The van der Waals surface area contributed by atoms with Gasteiger partial charge in [-0.2, -0.15) is 0 Å². The van der Waals surface area contributed by atoms with Gasteiger partial charge in [-0.25, -0.2) is 17.4 Å². The number of rotatable bonds is 4. The first-order valence-corrected chi connectivity index (χ1v) is 10.1. The Kier molecular flexibility index (Phi) is 5.01. The molecular weight excluding hydrogens is 393 g/mol. The van der Waals surface area contributed by atoms with Crippen molar-refractivity contribution in [3.8, 4) is 0 Å². The maximum Gasteiger partial charge on any atom is 0.244 e. The van der Waals surface area contributed by atoms with Crippen LogP contribution >= 0.6 is 23.2 Å². The lowest BCUT2D eigenvalue weighted by molar-refractivity contribution is 0.580. The van der Waals surface area contributed by atoms with Gasteiger partial charge in [0, 0.05) is 5.57 Å². The van der Waals surface area contributed by atoms with E-state index in [0.717, 1.165) is 9.54 Å². The van der Waals surface area contributed by atoms with Crippen molar-refractivity contribution < 1.29 is 8.42 Å². The molecule has 0 aliphatic rings. The van der Waals surface area contributed by atoms with Gasteiger partial charge < -0.3 is 5.73 Å². The van der Waals surface area contributed by atoms with Crippen LogP contribution in [-0.2, 0) is 10.0 Å². The maximum absolute atomic E-state index is 12.7. The molecule has 0 unspecified atom stereocenters. The van der Waals surface area contributed by atoms with E-state index >= 15 is 0 Å². The molecule has 0 aliphatic heterocycles. The van der Waals surface area contributed by atoms with Gasteiger partial charge in [-0.05, 0) is 37.1 Å². The second-order valence-electron chi connectivity index (χ2n) is 6.03. The van der Waals surface area contributed by atoms with E-state index < -0.39 is 15.3 Å². The first-order valence-electron chi connectivity index (χ1n) is 7.87. The number of halogens is 2. The number of hydrogen-bond acceptors (Lipinski definition) is 4. The molecule has 0 amide bonds. The lowest BCUT2D eigenvalue weighted by atomic mass is 9.99. The second-order valence-corrected chi connectivity index (χ2v) is 9.32. The summed E-state index contributed by atoms with van der Waals surface area (Å²) in [6.07, 6.45) is 0. The number of benzene rings is 2. The van der Waals surface area contributed by atoms with Gasteiger partial charge in [0.05, 0.1) is 16.3 Å². The predicted molar refractivity (Wildman–Crippen MR) is 108 cm³/mol. The predicted octanol–water partition coefficient (Wildman–Crippen LogP) is 4.40. The Bertz CT molecular complexity index is 1100. The van der Waals surface area contributed by atoms with Gasteiger partial charge in [-0.1, -0.05) is 59.6 Å². The van der Waals surface area contributed by atoms with Gasteiger partial charge in [0.15, 0.2) is 0 Å². The molecule has 0 atom stereocenters. The zero-order chi connectivity index (χ0) is 19.1. The maximum atomic E-state index is 12.7. The normalized spacial score (nSPS) is 11.9. The summed E-state index contributed by atoms with van der Waals surface area (Å²) in [4.78, 5) is 4.16. The second kappa shape index (κ2) is 6.95. The molecule has 0 fully saturated rings. The summed E-state index contributed by atoms with van der Waals surface area (Å²) in [6.45, 7) is 3.19. The van der Waals surface area contributed by atoms with Gasteiger partial charge in [0.25, 0.3) is 0 Å². The van der Waals surface area contributed by atoms with E-state index in [9.17, 15) is 8.42 Å². The van der Waals surface area contributed by atoms with E-state index in [1.54, 1.807) is 32.0 Å². The zero-order valence-corrected chi connectivity index (χ0v) is 16.5. The molecule has 26 heavy (non-hydrogen) atoms. The molecule has 3 rings (SSSR count). The highest BCUT2D eigenvalue weighted by Crippen LogP contribution is 2.33. The van der Waals surface area contributed by atoms with Crippen molar-refractivity contribution in [3.63, 3.8) is 0 Å². The van der Waals surface area contributed by atoms with Crippen LogP contribution in [0.2, 0.25) is 0 Å². The average molecular weight is 410 g/mol. The van der Waals surface area contributed by atoms with Crippen LogP contribution < -0.4 is 5.73 Å². The van der Waals surface area contributed by atoms with Crippen molar-refractivity contribution in [1.29, 1.82) is 0 Å². The van der Waals surface area contributed by atoms with Crippen molar-refractivity contribution >= 4 is 55.8 Å². The number of anilines is 1. The van der Waals surface area contributed by atoms with Gasteiger partial charge in [0.2, 0.25) is 16.0 Å². The first-order chi connectivity index (χ1) is 12.2. The number of nitrogen functional groups attached to an aromatic ring is 1. The van der Waals surface area contributed by atoms with Crippen molar-refractivity contribution in [1.82, 2.24) is 8.96 Å².